The zero-order valence-electron chi connectivity index (χ0n) is 18.3. The van der Waals surface area contributed by atoms with Crippen LogP contribution in [0.15, 0.2) is 29.4 Å². The number of hydrazone groups is 1. The number of carbonyl (C=O) groups is 3. The topological polar surface area (TPSA) is 151 Å². The van der Waals surface area contributed by atoms with E-state index in [1.165, 1.54) is 11.1 Å². The second kappa shape index (κ2) is 9.62. The molecule has 32 heavy (non-hydrogen) atoms. The van der Waals surface area contributed by atoms with E-state index in [0.717, 1.165) is 30.6 Å². The summed E-state index contributed by atoms with van der Waals surface area (Å²) < 4.78 is 5.32. The highest BCUT2D eigenvalue weighted by Gasteiger charge is 2.43. The van der Waals surface area contributed by atoms with E-state index in [9.17, 15) is 24.6 Å². The Bertz CT molecular complexity index is 986. The minimum Gasteiger partial charge on any atom is -0.497 e. The fraction of sp³-hybridized carbons (Fsp3) is 0.478. The number of aliphatic hydroxyl groups is 2. The number of rotatable bonds is 7. The quantitative estimate of drug-likeness (QED) is 0.459. The van der Waals surface area contributed by atoms with Gasteiger partial charge in [0.25, 0.3) is 5.91 Å². The number of amides is 2. The first-order chi connectivity index (χ1) is 15.2. The number of fused-ring (bicyclic) bond motifs is 1. The lowest BCUT2D eigenvalue weighted by molar-refractivity contribution is -0.144. The van der Waals surface area contributed by atoms with Crippen LogP contribution >= 0.6 is 0 Å². The maximum absolute atomic E-state index is 12.7. The van der Waals surface area contributed by atoms with E-state index in [-0.39, 0.29) is 5.78 Å². The van der Waals surface area contributed by atoms with Crippen LogP contribution in [0, 0.1) is 5.41 Å². The Morgan fingerprint density at radius 2 is 2.00 bits per heavy atom. The van der Waals surface area contributed by atoms with Gasteiger partial charge in [-0.2, -0.15) is 5.10 Å². The third-order valence-corrected chi connectivity index (χ3v) is 6.31. The average molecular weight is 444 g/mol. The molecular weight excluding hydrogens is 414 g/mol. The molecule has 0 saturated heterocycles. The van der Waals surface area contributed by atoms with E-state index >= 15 is 0 Å². The average Bonchev–Trinajstić information content (AvgIpc) is 3.07. The molecule has 0 radical (unpaired) electrons. The Hall–Kier alpha value is -3.04. The molecule has 9 nitrogen and oxygen atoms in total. The first-order valence-corrected chi connectivity index (χ1v) is 10.6. The summed E-state index contributed by atoms with van der Waals surface area (Å²) in [5, 5.41) is 23.2. The predicted octanol–water partition coefficient (Wildman–Crippen LogP) is 0.853. The van der Waals surface area contributed by atoms with Crippen molar-refractivity contribution in [1.82, 2.24) is 5.43 Å². The third kappa shape index (κ3) is 4.73. The third-order valence-electron chi connectivity index (χ3n) is 6.31. The van der Waals surface area contributed by atoms with Gasteiger partial charge in [0.05, 0.1) is 18.2 Å². The van der Waals surface area contributed by atoms with E-state index in [0.29, 0.717) is 25.0 Å². The van der Waals surface area contributed by atoms with Gasteiger partial charge in [0.2, 0.25) is 5.91 Å². The fourth-order valence-corrected chi connectivity index (χ4v) is 4.20. The van der Waals surface area contributed by atoms with Gasteiger partial charge in [-0.15, -0.1) is 0 Å². The van der Waals surface area contributed by atoms with Crippen molar-refractivity contribution < 1.29 is 29.3 Å². The molecule has 0 unspecified atom stereocenters. The van der Waals surface area contributed by atoms with E-state index in [1.807, 2.05) is 18.2 Å². The first kappa shape index (κ1) is 23.6. The highest BCUT2D eigenvalue weighted by molar-refractivity contribution is 6.15. The summed E-state index contributed by atoms with van der Waals surface area (Å²) in [5.74, 6) is -1.46. The van der Waals surface area contributed by atoms with Gasteiger partial charge in [-0.05, 0) is 67.9 Å². The van der Waals surface area contributed by atoms with Gasteiger partial charge in [-0.1, -0.05) is 12.1 Å². The van der Waals surface area contributed by atoms with Crippen LogP contribution in [0.5, 0.6) is 5.75 Å². The zero-order chi connectivity index (χ0) is 23.5. The second-order valence-electron chi connectivity index (χ2n) is 8.39. The number of nitrogens with one attached hydrogen (secondary N) is 1. The van der Waals surface area contributed by atoms with Gasteiger partial charge in [-0.25, -0.2) is 5.43 Å². The van der Waals surface area contributed by atoms with E-state index in [1.54, 1.807) is 14.0 Å². The van der Waals surface area contributed by atoms with Gasteiger partial charge in [0.1, 0.15) is 11.5 Å². The predicted molar refractivity (Wildman–Crippen MR) is 118 cm³/mol. The van der Waals surface area contributed by atoms with Crippen LogP contribution in [0.2, 0.25) is 0 Å². The highest BCUT2D eigenvalue weighted by atomic mass is 16.5. The molecule has 1 fully saturated rings. The monoisotopic (exact) mass is 443 g/mol. The number of Topliss-reactive ketones (excluding diaryl/α,β-unsaturated/α-hetero) is 1. The summed E-state index contributed by atoms with van der Waals surface area (Å²) in [4.78, 5) is 35.6. The largest absolute Gasteiger partial charge is 0.497 e. The van der Waals surface area contributed by atoms with Crippen molar-refractivity contribution >= 4 is 28.9 Å². The lowest BCUT2D eigenvalue weighted by Crippen LogP contribution is -2.47. The molecule has 3 atom stereocenters. The molecule has 0 aromatic heterocycles. The molecule has 0 heterocycles. The molecule has 0 bridgehead atoms. The van der Waals surface area contributed by atoms with Gasteiger partial charge in [-0.3, -0.25) is 14.4 Å². The van der Waals surface area contributed by atoms with E-state index in [2.05, 4.69) is 16.6 Å². The lowest BCUT2D eigenvalue weighted by Gasteiger charge is -2.24. The lowest BCUT2D eigenvalue weighted by atomic mass is 9.80. The molecule has 2 aliphatic rings. The van der Waals surface area contributed by atoms with Crippen molar-refractivity contribution in [2.24, 2.45) is 16.3 Å². The number of methoxy groups -OCH3 is 1. The molecule has 0 spiro atoms. The normalized spacial score (nSPS) is 24.8. The van der Waals surface area contributed by atoms with Crippen LogP contribution in [0.1, 0.15) is 50.2 Å². The SMILES string of the molecule is COc1ccc2c(c1)CCC/C2=C\C[C@@]1(C)C(=O)CC/C1=N\NC(=O)[C@@H](O)[C@H](O)C(N)=O. The number of nitrogens with zero attached hydrogens (tertiary/aromatic N) is 1. The second-order valence-corrected chi connectivity index (χ2v) is 8.39. The van der Waals surface area contributed by atoms with Crippen LogP contribution in [0.25, 0.3) is 5.57 Å². The van der Waals surface area contributed by atoms with Gasteiger partial charge in [0, 0.05) is 6.42 Å². The number of hydrogen-bond donors (Lipinski definition) is 4. The number of nitrogens with two attached hydrogens (primary N) is 1. The molecule has 0 aliphatic heterocycles. The van der Waals surface area contributed by atoms with Gasteiger partial charge >= 0.3 is 0 Å². The summed E-state index contributed by atoms with van der Waals surface area (Å²) in [6.45, 7) is 1.79. The molecule has 1 aromatic carbocycles. The standard InChI is InChI=1S/C23H29N3O6/c1-23(11-10-13-4-3-5-14-12-15(32-2)6-7-16(13)14)17(8-9-18(23)27)25-26-22(31)20(29)19(28)21(24)30/h6-7,10,12,19-20,28-29H,3-5,8-9,11H2,1-2H3,(H2,24,30)(H,26,31)/b13-10+,25-17+/t19-,20-,23+/m0/s1. The first-order valence-electron chi connectivity index (χ1n) is 10.6. The number of primary amides is 1. The Morgan fingerprint density at radius 3 is 2.69 bits per heavy atom. The minimum atomic E-state index is -2.04. The minimum absolute atomic E-state index is 0.0193. The van der Waals surface area contributed by atoms with Crippen LogP contribution in [0.3, 0.4) is 0 Å². The number of ketones is 1. The summed E-state index contributed by atoms with van der Waals surface area (Å²) in [7, 11) is 1.64. The summed E-state index contributed by atoms with van der Waals surface area (Å²) in [5.41, 5.74) is 10.2. The number of aliphatic hydroxyl groups excluding tert-OH is 2. The fourth-order valence-electron chi connectivity index (χ4n) is 4.20. The number of carbonyl (C=O) groups excluding carboxylic acids is 3. The van der Waals surface area contributed by atoms with Crippen molar-refractivity contribution in [3.05, 3.63) is 35.4 Å². The van der Waals surface area contributed by atoms with Crippen LogP contribution in [-0.4, -0.2) is 52.8 Å². The van der Waals surface area contributed by atoms with Crippen LogP contribution < -0.4 is 15.9 Å². The molecule has 2 aliphatic carbocycles. The Labute approximate surface area is 186 Å². The Kier molecular flexibility index (Phi) is 7.10. The molecule has 1 saturated carbocycles. The summed E-state index contributed by atoms with van der Waals surface area (Å²) >= 11 is 0. The smallest absolute Gasteiger partial charge is 0.272 e. The van der Waals surface area contributed by atoms with Crippen molar-refractivity contribution in [1.29, 1.82) is 0 Å². The molecule has 9 heteroatoms. The molecule has 3 rings (SSSR count). The number of hydrogen-bond acceptors (Lipinski definition) is 7. The van der Waals surface area contributed by atoms with Gasteiger partial charge < -0.3 is 20.7 Å². The van der Waals surface area contributed by atoms with Crippen molar-refractivity contribution in [3.63, 3.8) is 0 Å². The Balaban J connectivity index is 1.78. The highest BCUT2D eigenvalue weighted by Crippen LogP contribution is 2.39. The summed E-state index contributed by atoms with van der Waals surface area (Å²) in [6.07, 6.45) is 1.97. The van der Waals surface area contributed by atoms with E-state index in [4.69, 9.17) is 10.5 Å². The maximum Gasteiger partial charge on any atom is 0.272 e. The molecule has 2 amide bonds. The van der Waals surface area contributed by atoms with Crippen molar-refractivity contribution in [2.75, 3.05) is 7.11 Å². The van der Waals surface area contributed by atoms with Crippen LogP contribution in [0.4, 0.5) is 0 Å². The molecule has 5 N–H and O–H groups in total. The Morgan fingerprint density at radius 1 is 1.25 bits per heavy atom. The maximum atomic E-state index is 12.7. The van der Waals surface area contributed by atoms with E-state index < -0.39 is 29.4 Å². The van der Waals surface area contributed by atoms with Gasteiger partial charge in [0.15, 0.2) is 12.2 Å². The van der Waals surface area contributed by atoms with Crippen LogP contribution in [-0.2, 0) is 20.8 Å². The number of allylic oxidation sites excluding steroid dienone is 2. The molecular formula is C23H29N3O6. The number of aryl methyl sites for hydroxylation is 1. The number of benzene rings is 1. The molecule has 1 aromatic rings. The molecule has 172 valence electrons. The van der Waals surface area contributed by atoms with Crippen molar-refractivity contribution in [3.8, 4) is 5.75 Å². The zero-order valence-corrected chi connectivity index (χ0v) is 18.3. The van der Waals surface area contributed by atoms with Crippen molar-refractivity contribution in [2.45, 2.75) is 57.7 Å². The number of ether oxygens (including phenoxy) is 1. The summed E-state index contributed by atoms with van der Waals surface area (Å²) in [6, 6.07) is 6.01.